The topological polar surface area (TPSA) is 35.2 Å². The van der Waals surface area contributed by atoms with Crippen LogP contribution in [0.15, 0.2) is 18.2 Å². The molecule has 1 rings (SSSR count). The molecule has 0 spiro atoms. The van der Waals surface area contributed by atoms with E-state index >= 15 is 0 Å². The Bertz CT molecular complexity index is 270. The molecule has 2 nitrogen and oxygen atoms in total. The van der Waals surface area contributed by atoms with Gasteiger partial charge >= 0.3 is 0 Å². The fraction of sp³-hybridized carbons (Fsp3) is 0.250. The summed E-state index contributed by atoms with van der Waals surface area (Å²) in [6, 6.07) is 4.60. The maximum atomic E-state index is 13.0. The Hall–Kier alpha value is -0.510. The first kappa shape index (κ1) is 12.5. The molecule has 5 heteroatoms. The van der Waals surface area contributed by atoms with E-state index in [-0.39, 0.29) is 29.8 Å². The predicted molar refractivity (Wildman–Crippen MR) is 53.2 cm³/mol. The molecule has 0 aromatic heterocycles. The van der Waals surface area contributed by atoms with Crippen LogP contribution in [0.1, 0.15) is 0 Å². The molecule has 1 aromatic carbocycles. The molecule has 1 aromatic rings. The molecule has 0 saturated heterocycles. The maximum absolute atomic E-state index is 13.0. The number of nitrogens with two attached hydrogens (primary N) is 1. The molecule has 13 heavy (non-hydrogen) atoms. The molecular weight excluding hydrogens is 216 g/mol. The van der Waals surface area contributed by atoms with E-state index in [9.17, 15) is 4.39 Å². The second kappa shape index (κ2) is 6.02. The summed E-state index contributed by atoms with van der Waals surface area (Å²) in [4.78, 5) is 0. The van der Waals surface area contributed by atoms with Crippen LogP contribution in [0.2, 0.25) is 5.02 Å². The van der Waals surface area contributed by atoms with Crippen LogP contribution in [0.3, 0.4) is 0 Å². The maximum Gasteiger partial charge on any atom is 0.183 e. The lowest BCUT2D eigenvalue weighted by molar-refractivity contribution is 0.311. The lowest BCUT2D eigenvalue weighted by Crippen LogP contribution is -2.11. The third kappa shape index (κ3) is 3.38. The van der Waals surface area contributed by atoms with E-state index in [1.807, 2.05) is 0 Å². The van der Waals surface area contributed by atoms with E-state index in [1.54, 1.807) is 6.07 Å². The van der Waals surface area contributed by atoms with Gasteiger partial charge in [-0.05, 0) is 12.1 Å². The van der Waals surface area contributed by atoms with E-state index in [4.69, 9.17) is 22.1 Å². The van der Waals surface area contributed by atoms with Gasteiger partial charge in [0.25, 0.3) is 0 Å². The van der Waals surface area contributed by atoms with E-state index in [2.05, 4.69) is 0 Å². The van der Waals surface area contributed by atoms with E-state index in [1.165, 1.54) is 12.1 Å². The van der Waals surface area contributed by atoms with Gasteiger partial charge in [0, 0.05) is 6.54 Å². The highest BCUT2D eigenvalue weighted by Crippen LogP contribution is 2.23. The zero-order valence-corrected chi connectivity index (χ0v) is 8.37. The lowest BCUT2D eigenvalue weighted by Gasteiger charge is -2.05. The average Bonchev–Trinajstić information content (AvgIpc) is 2.08. The molecule has 0 aliphatic rings. The summed E-state index contributed by atoms with van der Waals surface area (Å²) in [5.41, 5.74) is 5.18. The standard InChI is InChI=1S/C8H9ClFNO.ClH/c9-6-2-1-3-7(8(6)10)12-5-4-11;/h1-3H,4-5,11H2;1H. The number of ether oxygens (including phenoxy) is 1. The Morgan fingerprint density at radius 1 is 1.46 bits per heavy atom. The highest BCUT2D eigenvalue weighted by atomic mass is 35.5. The van der Waals surface area contributed by atoms with Gasteiger partial charge in [-0.3, -0.25) is 0 Å². The molecule has 0 aliphatic carbocycles. The molecule has 0 fully saturated rings. The van der Waals surface area contributed by atoms with Gasteiger partial charge in [0.2, 0.25) is 0 Å². The smallest absolute Gasteiger partial charge is 0.183 e. The second-order valence-electron chi connectivity index (χ2n) is 2.19. The molecule has 0 amide bonds. The minimum atomic E-state index is -0.535. The van der Waals surface area contributed by atoms with Crippen LogP contribution < -0.4 is 10.5 Å². The number of rotatable bonds is 3. The van der Waals surface area contributed by atoms with Crippen molar-refractivity contribution in [3.8, 4) is 5.75 Å². The molecule has 0 unspecified atom stereocenters. The Kier molecular flexibility index (Phi) is 5.79. The molecule has 0 heterocycles. The van der Waals surface area contributed by atoms with Crippen LogP contribution >= 0.6 is 24.0 Å². The molecule has 0 atom stereocenters. The summed E-state index contributed by atoms with van der Waals surface area (Å²) < 4.78 is 18.0. The summed E-state index contributed by atoms with van der Waals surface area (Å²) in [6.45, 7) is 0.642. The van der Waals surface area contributed by atoms with Crippen molar-refractivity contribution in [1.29, 1.82) is 0 Å². The monoisotopic (exact) mass is 225 g/mol. The first-order chi connectivity index (χ1) is 5.75. The third-order valence-electron chi connectivity index (χ3n) is 1.29. The largest absolute Gasteiger partial charge is 0.489 e. The molecule has 0 radical (unpaired) electrons. The van der Waals surface area contributed by atoms with Crippen LogP contribution in [0.5, 0.6) is 5.75 Å². The fourth-order valence-electron chi connectivity index (χ4n) is 0.764. The van der Waals surface area contributed by atoms with Crippen molar-refractivity contribution in [1.82, 2.24) is 0 Å². The summed E-state index contributed by atoms with van der Waals surface area (Å²) in [5.74, 6) is -0.388. The number of hydrogen-bond acceptors (Lipinski definition) is 2. The Morgan fingerprint density at radius 2 is 2.15 bits per heavy atom. The summed E-state index contributed by atoms with van der Waals surface area (Å²) >= 11 is 5.51. The normalized spacial score (nSPS) is 9.15. The fourth-order valence-corrected chi connectivity index (χ4v) is 0.930. The number of hydrogen-bond donors (Lipinski definition) is 1. The van der Waals surface area contributed by atoms with Crippen molar-refractivity contribution in [3.63, 3.8) is 0 Å². The minimum absolute atomic E-state index is 0. The van der Waals surface area contributed by atoms with Crippen molar-refractivity contribution >= 4 is 24.0 Å². The zero-order valence-electron chi connectivity index (χ0n) is 6.80. The van der Waals surface area contributed by atoms with E-state index < -0.39 is 5.82 Å². The Morgan fingerprint density at radius 3 is 2.77 bits per heavy atom. The van der Waals surface area contributed by atoms with Crippen LogP contribution in [0, 0.1) is 5.82 Å². The van der Waals surface area contributed by atoms with Crippen molar-refractivity contribution in [2.75, 3.05) is 13.2 Å². The van der Waals surface area contributed by atoms with Gasteiger partial charge in [0.1, 0.15) is 6.61 Å². The average molecular weight is 226 g/mol. The SMILES string of the molecule is Cl.NCCOc1cccc(Cl)c1F. The van der Waals surface area contributed by atoms with Crippen LogP contribution in [0.4, 0.5) is 4.39 Å². The van der Waals surface area contributed by atoms with Gasteiger partial charge in [0.15, 0.2) is 11.6 Å². The quantitative estimate of drug-likeness (QED) is 0.857. The highest BCUT2D eigenvalue weighted by molar-refractivity contribution is 6.30. The summed E-state index contributed by atoms with van der Waals surface area (Å²) in [6.07, 6.45) is 0. The number of benzene rings is 1. The molecule has 0 aliphatic heterocycles. The summed E-state index contributed by atoms with van der Waals surface area (Å²) in [7, 11) is 0. The van der Waals surface area contributed by atoms with Crippen molar-refractivity contribution < 1.29 is 9.13 Å². The predicted octanol–water partition coefficient (Wildman–Crippen LogP) is 2.24. The van der Waals surface area contributed by atoms with Crippen molar-refractivity contribution in [2.24, 2.45) is 5.73 Å². The van der Waals surface area contributed by atoms with Gasteiger partial charge in [-0.15, -0.1) is 12.4 Å². The van der Waals surface area contributed by atoms with Crippen LogP contribution in [-0.2, 0) is 0 Å². The van der Waals surface area contributed by atoms with Gasteiger partial charge in [-0.2, -0.15) is 0 Å². The highest BCUT2D eigenvalue weighted by Gasteiger charge is 2.05. The lowest BCUT2D eigenvalue weighted by atomic mass is 10.3. The molecule has 74 valence electrons. The Labute approximate surface area is 87.2 Å². The second-order valence-corrected chi connectivity index (χ2v) is 2.60. The molecule has 0 saturated carbocycles. The van der Waals surface area contributed by atoms with Gasteiger partial charge < -0.3 is 10.5 Å². The molecule has 2 N–H and O–H groups in total. The van der Waals surface area contributed by atoms with Crippen molar-refractivity contribution in [3.05, 3.63) is 29.0 Å². The van der Waals surface area contributed by atoms with Crippen LogP contribution in [-0.4, -0.2) is 13.2 Å². The Balaban J connectivity index is 0.00000144. The van der Waals surface area contributed by atoms with Gasteiger partial charge in [-0.25, -0.2) is 4.39 Å². The molecule has 0 bridgehead atoms. The third-order valence-corrected chi connectivity index (χ3v) is 1.58. The molecular formula is C8H10Cl2FNO. The first-order valence-electron chi connectivity index (χ1n) is 3.52. The van der Waals surface area contributed by atoms with Gasteiger partial charge in [0.05, 0.1) is 5.02 Å². The van der Waals surface area contributed by atoms with Crippen molar-refractivity contribution in [2.45, 2.75) is 0 Å². The van der Waals surface area contributed by atoms with Crippen LogP contribution in [0.25, 0.3) is 0 Å². The number of halogens is 3. The minimum Gasteiger partial charge on any atom is -0.489 e. The van der Waals surface area contributed by atoms with E-state index in [0.29, 0.717) is 6.54 Å². The summed E-state index contributed by atoms with van der Waals surface area (Å²) in [5, 5.41) is 0.0597. The van der Waals surface area contributed by atoms with Gasteiger partial charge in [-0.1, -0.05) is 17.7 Å². The zero-order chi connectivity index (χ0) is 8.97. The van der Waals surface area contributed by atoms with E-state index in [0.717, 1.165) is 0 Å². The first-order valence-corrected chi connectivity index (χ1v) is 3.90.